The fourth-order valence-corrected chi connectivity index (χ4v) is 6.70. The van der Waals surface area contributed by atoms with E-state index in [0.717, 1.165) is 64.7 Å². The van der Waals surface area contributed by atoms with Crippen molar-refractivity contribution in [1.82, 2.24) is 9.80 Å². The molecule has 344 valence electrons. The Bertz CT molecular complexity index is 835. The maximum Gasteiger partial charge on any atom is 1.00 e. The van der Waals surface area contributed by atoms with E-state index >= 15 is 0 Å². The Hall–Kier alpha value is -0.360. The van der Waals surface area contributed by atoms with Crippen LogP contribution in [0.25, 0.3) is 10.6 Å². The van der Waals surface area contributed by atoms with Gasteiger partial charge in [0, 0.05) is 39.4 Å². The predicted molar refractivity (Wildman–Crippen MR) is 233 cm³/mol. The number of carboxylic acids is 4. The van der Waals surface area contributed by atoms with Crippen LogP contribution in [0.15, 0.2) is 0 Å². The number of rotatable bonds is 46. The van der Waals surface area contributed by atoms with Crippen molar-refractivity contribution in [3.05, 3.63) is 10.6 Å². The minimum atomic E-state index is -0.834. The Kier molecular flexibility index (Phi) is 60.5. The first-order valence-corrected chi connectivity index (χ1v) is 22.9. The van der Waals surface area contributed by atoms with Crippen LogP contribution in [0.1, 0.15) is 180 Å². The van der Waals surface area contributed by atoms with E-state index in [1.807, 2.05) is 9.80 Å². The summed E-state index contributed by atoms with van der Waals surface area (Å²) in [7, 11) is 0. The summed E-state index contributed by atoms with van der Waals surface area (Å²) in [5.74, 6) is -3.34. The largest absolute Gasteiger partial charge is 1.00 e. The molecule has 60 heavy (non-hydrogen) atoms. The molecule has 0 bridgehead atoms. The van der Waals surface area contributed by atoms with Gasteiger partial charge in [-0.2, -0.15) is 0 Å². The van der Waals surface area contributed by atoms with Crippen molar-refractivity contribution < 1.29 is 109 Å². The molecule has 0 aliphatic heterocycles. The van der Waals surface area contributed by atoms with Gasteiger partial charge in [-0.1, -0.05) is 141 Å². The van der Waals surface area contributed by atoms with Crippen molar-refractivity contribution in [2.75, 3.05) is 78.7 Å². The van der Waals surface area contributed by atoms with Crippen molar-refractivity contribution in [2.24, 2.45) is 0 Å². The van der Waals surface area contributed by atoms with E-state index in [9.17, 15) is 19.2 Å². The van der Waals surface area contributed by atoms with E-state index in [0.29, 0.717) is 39.3 Å². The number of aliphatic hydroxyl groups excluding tert-OH is 2. The van der Waals surface area contributed by atoms with Gasteiger partial charge in [-0.3, -0.25) is 19.2 Å². The summed E-state index contributed by atoms with van der Waals surface area (Å²) in [5.41, 5.74) is 0. The van der Waals surface area contributed by atoms with Gasteiger partial charge in [-0.05, 0) is 25.9 Å². The van der Waals surface area contributed by atoms with Gasteiger partial charge >= 0.3 is 83.0 Å². The molecule has 14 nitrogen and oxygen atoms in total. The number of hydrogen-bond donors (Lipinski definition) is 6. The Morgan fingerprint density at radius 3 is 0.700 bits per heavy atom. The molecule has 0 rings (SSSR count). The van der Waals surface area contributed by atoms with Gasteiger partial charge in [0.1, 0.15) is 0 Å². The molecule has 0 aromatic heterocycles. The molecule has 0 aromatic carbocycles. The minimum absolute atomic E-state index is 0. The third-order valence-electron chi connectivity index (χ3n) is 10.2. The number of aliphatic hydroxyl groups is 2. The maximum atomic E-state index is 10.7. The van der Waals surface area contributed by atoms with Gasteiger partial charge in [0.2, 0.25) is 0 Å². The molecule has 0 unspecified atom stereocenters. The molecule has 0 saturated heterocycles. The normalized spacial score (nSPS) is 10.9. The SMILES string of the molecule is O=C(O)CCN(CCCCCCCCCCCCCC[N-]CCO)CCC(=O)O.O=C(O)CCN(CCCCCCCCCCCCCC[N-]CCO)CCC(=O)O.[Na+].[Na+]. The number of aliphatic carboxylic acids is 4. The van der Waals surface area contributed by atoms with Gasteiger partial charge in [0.15, 0.2) is 0 Å². The summed E-state index contributed by atoms with van der Waals surface area (Å²) in [6.45, 7) is 6.55. The quantitative estimate of drug-likeness (QED) is 0.0384. The van der Waals surface area contributed by atoms with Crippen molar-refractivity contribution in [3.63, 3.8) is 0 Å². The van der Waals surface area contributed by atoms with E-state index in [2.05, 4.69) is 10.6 Å². The molecule has 0 amide bonds. The molecule has 16 heteroatoms. The van der Waals surface area contributed by atoms with Crippen LogP contribution in [0, 0.1) is 0 Å². The molecule has 0 aliphatic rings. The van der Waals surface area contributed by atoms with E-state index in [1.165, 1.54) is 116 Å². The molecule has 0 heterocycles. The minimum Gasteiger partial charge on any atom is -0.660 e. The van der Waals surface area contributed by atoms with E-state index in [4.69, 9.17) is 30.6 Å². The van der Waals surface area contributed by atoms with Gasteiger partial charge < -0.3 is 51.1 Å². The summed E-state index contributed by atoms with van der Waals surface area (Å²) >= 11 is 0. The molecule has 0 radical (unpaired) electrons. The van der Waals surface area contributed by atoms with Gasteiger partial charge in [-0.15, -0.1) is 26.2 Å². The third-order valence-corrected chi connectivity index (χ3v) is 10.2. The summed E-state index contributed by atoms with van der Waals surface area (Å²) < 4.78 is 0. The van der Waals surface area contributed by atoms with Crippen LogP contribution >= 0.6 is 0 Å². The van der Waals surface area contributed by atoms with E-state index in [1.54, 1.807) is 0 Å². The summed E-state index contributed by atoms with van der Waals surface area (Å²) in [4.78, 5) is 46.8. The van der Waals surface area contributed by atoms with Gasteiger partial charge in [0.05, 0.1) is 25.7 Å². The topological polar surface area (TPSA) is 224 Å². The Morgan fingerprint density at radius 2 is 0.500 bits per heavy atom. The summed E-state index contributed by atoms with van der Waals surface area (Å²) in [6, 6.07) is 0. The average molecular weight is 877 g/mol. The van der Waals surface area contributed by atoms with Crippen LogP contribution in [0.5, 0.6) is 0 Å². The van der Waals surface area contributed by atoms with Crippen LogP contribution in [0.2, 0.25) is 0 Å². The molecular weight excluding hydrogens is 790 g/mol. The number of hydrogen-bond acceptors (Lipinski definition) is 8. The first kappa shape index (κ1) is 66.2. The fourth-order valence-electron chi connectivity index (χ4n) is 6.70. The molecule has 0 fully saturated rings. The standard InChI is InChI=1S/2C22H43N2O5.2Na/c2*25-20-16-23-15-11-9-7-5-3-1-2-4-6-8-10-12-17-24(18-13-21(26)27)19-14-22(28)29;;/h2*25H,1-20H2,(H,26,27)(H,28,29);;/q2*-1;2*+1. The molecule has 0 aliphatic carbocycles. The van der Waals surface area contributed by atoms with Crippen LogP contribution in [0.4, 0.5) is 0 Å². The molecule has 0 aromatic rings. The Labute approximate surface area is 408 Å². The first-order chi connectivity index (χ1) is 28.1. The van der Waals surface area contributed by atoms with E-state index in [-0.39, 0.29) is 98.0 Å². The second kappa shape index (κ2) is 54.8. The number of nitrogens with zero attached hydrogens (tertiary/aromatic N) is 4. The zero-order valence-corrected chi connectivity index (χ0v) is 42.4. The predicted octanol–water partition coefficient (Wildman–Crippen LogP) is 2.58. The van der Waals surface area contributed by atoms with Crippen LogP contribution in [-0.2, 0) is 19.2 Å². The molecule has 0 atom stereocenters. The Balaban J connectivity index is -0.000000506. The molecular formula is C44H86N4Na2O10. The van der Waals surface area contributed by atoms with Gasteiger partial charge in [0.25, 0.3) is 0 Å². The summed E-state index contributed by atoms with van der Waals surface area (Å²) in [5, 5.41) is 60.9. The number of unbranched alkanes of at least 4 members (excludes halogenated alkanes) is 22. The molecule has 0 spiro atoms. The van der Waals surface area contributed by atoms with Crippen LogP contribution < -0.4 is 59.1 Å². The second-order valence-electron chi connectivity index (χ2n) is 15.5. The first-order valence-electron chi connectivity index (χ1n) is 22.9. The number of carboxylic acid groups (broad SMARTS) is 4. The molecule has 6 N–H and O–H groups in total. The maximum absolute atomic E-state index is 10.7. The van der Waals surface area contributed by atoms with Crippen LogP contribution in [-0.4, -0.2) is 143 Å². The Morgan fingerprint density at radius 1 is 0.300 bits per heavy atom. The monoisotopic (exact) mass is 877 g/mol. The second-order valence-corrected chi connectivity index (χ2v) is 15.5. The van der Waals surface area contributed by atoms with Gasteiger partial charge in [-0.25, -0.2) is 0 Å². The zero-order valence-electron chi connectivity index (χ0n) is 38.4. The van der Waals surface area contributed by atoms with Crippen molar-refractivity contribution in [3.8, 4) is 0 Å². The zero-order chi connectivity index (χ0) is 43.2. The molecule has 0 saturated carbocycles. The fraction of sp³-hybridized carbons (Fsp3) is 0.909. The van der Waals surface area contributed by atoms with Crippen molar-refractivity contribution >= 4 is 23.9 Å². The smallest absolute Gasteiger partial charge is 0.660 e. The average Bonchev–Trinajstić information content (AvgIpc) is 3.18. The van der Waals surface area contributed by atoms with E-state index < -0.39 is 23.9 Å². The third kappa shape index (κ3) is 59.7. The number of carbonyl (C=O) groups is 4. The van der Waals surface area contributed by atoms with Crippen LogP contribution in [0.3, 0.4) is 0 Å². The van der Waals surface area contributed by atoms with Crippen molar-refractivity contribution in [2.45, 2.75) is 180 Å². The summed E-state index contributed by atoms with van der Waals surface area (Å²) in [6.07, 6.45) is 29.8. The van der Waals surface area contributed by atoms with Crippen molar-refractivity contribution in [1.29, 1.82) is 0 Å².